The Hall–Kier alpha value is -2.03. The van der Waals surface area contributed by atoms with Gasteiger partial charge in [-0.1, -0.05) is 26.8 Å². The van der Waals surface area contributed by atoms with Crippen LogP contribution in [0.5, 0.6) is 11.5 Å². The lowest BCUT2D eigenvalue weighted by Gasteiger charge is -2.75. The molecule has 38 heavy (non-hydrogen) atoms. The Balaban J connectivity index is 0.000000620. The van der Waals surface area contributed by atoms with Crippen LogP contribution >= 0.6 is 0 Å². The Morgan fingerprint density at radius 2 is 1.89 bits per heavy atom. The van der Waals surface area contributed by atoms with Crippen LogP contribution in [0, 0.1) is 22.7 Å². The molecule has 210 valence electrons. The smallest absolute Gasteiger partial charge is 0.402 e. The molecule has 2 heterocycles. The zero-order valence-corrected chi connectivity index (χ0v) is 23.4. The van der Waals surface area contributed by atoms with Crippen molar-refractivity contribution < 1.29 is 29.6 Å². The lowest BCUT2D eigenvalue weighted by Crippen LogP contribution is -2.83. The molecular weight excluding hydrogens is 484 g/mol. The third kappa shape index (κ3) is 3.11. The Labute approximate surface area is 225 Å². The molecule has 1 aromatic rings. The highest BCUT2D eigenvalue weighted by atomic mass is 16.6. The number of carboxylic acid groups (broad SMARTS) is 1. The SMILES string of the molecule is CO[C@@]12CC[C@@]3(C[C@@H]1[C@](C)(O)C(C)(C)C)[C@H]1Cc4ccc(O)c5c4[C@@]3(CCN1CC1CC1)[C@H]2O5.NC(=O)O. The van der Waals surface area contributed by atoms with Crippen molar-refractivity contribution in [1.29, 1.82) is 0 Å². The number of methoxy groups -OCH3 is 1. The van der Waals surface area contributed by atoms with Crippen molar-refractivity contribution in [2.24, 2.45) is 28.4 Å². The standard InChI is InChI=1S/C29H41NO4.CH3NO2/c1-25(2,3)26(4,32)20-15-27-10-11-29(20,33-5)24-28(27)12-13-30(16-17-6-7-17)21(27)14-18-8-9-19(31)23(34-24)22(18)28;2-1(3)4/h8-9,17,20-21,24,31-32H,6-7,10-16H2,1-5H3;2H2,(H,3,4)/t20-,21-,24-,26+,27-,28+,29+;/m1./s1. The second-order valence-corrected chi connectivity index (χ2v) is 14.1. The monoisotopic (exact) mass is 528 g/mol. The second-order valence-electron chi connectivity index (χ2n) is 14.1. The molecule has 2 spiro atoms. The molecule has 5 aliphatic carbocycles. The van der Waals surface area contributed by atoms with Crippen molar-refractivity contribution in [3.05, 3.63) is 23.3 Å². The number of phenols is 1. The fourth-order valence-corrected chi connectivity index (χ4v) is 9.58. The number of nitrogens with zero attached hydrogens (tertiary/aromatic N) is 1. The summed E-state index contributed by atoms with van der Waals surface area (Å²) in [6.45, 7) is 10.8. The number of hydrogen-bond acceptors (Lipinski definition) is 6. The van der Waals surface area contributed by atoms with Gasteiger partial charge in [-0.15, -0.1) is 0 Å². The predicted octanol–water partition coefficient (Wildman–Crippen LogP) is 4.04. The first-order valence-corrected chi connectivity index (χ1v) is 14.3. The van der Waals surface area contributed by atoms with Gasteiger partial charge >= 0.3 is 6.09 Å². The van der Waals surface area contributed by atoms with E-state index in [1.165, 1.54) is 30.5 Å². The number of fused-ring (bicyclic) bond motifs is 2. The van der Waals surface area contributed by atoms with Crippen LogP contribution in [0.25, 0.3) is 0 Å². The van der Waals surface area contributed by atoms with E-state index >= 15 is 0 Å². The topological polar surface area (TPSA) is 125 Å². The fraction of sp³-hybridized carbons (Fsp3) is 0.767. The van der Waals surface area contributed by atoms with E-state index in [4.69, 9.17) is 19.4 Å². The number of nitrogens with two attached hydrogens (primary N) is 1. The van der Waals surface area contributed by atoms with Crippen LogP contribution in [0.2, 0.25) is 0 Å². The van der Waals surface area contributed by atoms with E-state index in [-0.39, 0.29) is 34.0 Å². The highest BCUT2D eigenvalue weighted by Gasteiger charge is 2.82. The van der Waals surface area contributed by atoms with Gasteiger partial charge in [-0.2, -0.15) is 0 Å². The number of carbonyl (C=O) groups is 1. The third-order valence-electron chi connectivity index (χ3n) is 11.9. The van der Waals surface area contributed by atoms with Gasteiger partial charge in [0.25, 0.3) is 0 Å². The number of piperidine rings is 1. The van der Waals surface area contributed by atoms with E-state index in [0.717, 1.165) is 44.6 Å². The van der Waals surface area contributed by atoms with Crippen LogP contribution in [0.4, 0.5) is 4.79 Å². The fourth-order valence-electron chi connectivity index (χ4n) is 9.58. The van der Waals surface area contributed by atoms with E-state index in [1.807, 2.05) is 20.1 Å². The normalized spacial score (nSPS) is 39.9. The molecule has 4 saturated carbocycles. The summed E-state index contributed by atoms with van der Waals surface area (Å²) in [4.78, 5) is 11.6. The molecule has 5 N–H and O–H groups in total. The minimum Gasteiger partial charge on any atom is -0.504 e. The largest absolute Gasteiger partial charge is 0.504 e. The number of likely N-dealkylation sites (tertiary alicyclic amines) is 1. The zero-order chi connectivity index (χ0) is 27.5. The summed E-state index contributed by atoms with van der Waals surface area (Å²) >= 11 is 0. The van der Waals surface area contributed by atoms with E-state index < -0.39 is 17.3 Å². The number of benzene rings is 1. The van der Waals surface area contributed by atoms with Crippen LogP contribution in [0.1, 0.15) is 77.3 Å². The first kappa shape index (κ1) is 26.2. The molecule has 8 rings (SSSR count). The second kappa shape index (κ2) is 8.01. The maximum atomic E-state index is 12.2. The van der Waals surface area contributed by atoms with Crippen molar-refractivity contribution in [3.63, 3.8) is 0 Å². The van der Waals surface area contributed by atoms with Crippen LogP contribution in [0.3, 0.4) is 0 Å². The third-order valence-corrected chi connectivity index (χ3v) is 11.9. The summed E-state index contributed by atoms with van der Waals surface area (Å²) < 4.78 is 13.5. The lowest BCUT2D eigenvalue weighted by atomic mass is 9.33. The molecular formula is C30H44N2O6. The number of aliphatic hydroxyl groups is 1. The summed E-state index contributed by atoms with van der Waals surface area (Å²) in [5, 5.41) is 30.4. The first-order valence-electron chi connectivity index (χ1n) is 14.3. The Morgan fingerprint density at radius 1 is 1.21 bits per heavy atom. The van der Waals surface area contributed by atoms with Gasteiger partial charge in [0.15, 0.2) is 11.5 Å². The number of amides is 1. The maximum absolute atomic E-state index is 12.2. The Kier molecular flexibility index (Phi) is 5.53. The average Bonchev–Trinajstić information content (AvgIpc) is 3.58. The van der Waals surface area contributed by atoms with Gasteiger partial charge in [0, 0.05) is 42.0 Å². The van der Waals surface area contributed by atoms with E-state index in [9.17, 15) is 10.2 Å². The molecule has 0 unspecified atom stereocenters. The van der Waals surface area contributed by atoms with E-state index in [0.29, 0.717) is 11.8 Å². The zero-order valence-electron chi connectivity index (χ0n) is 23.4. The Morgan fingerprint density at radius 3 is 2.50 bits per heavy atom. The van der Waals surface area contributed by atoms with Crippen LogP contribution < -0.4 is 10.5 Å². The molecule has 0 radical (unpaired) electrons. The molecule has 2 aliphatic heterocycles. The average molecular weight is 529 g/mol. The molecule has 8 nitrogen and oxygen atoms in total. The van der Waals surface area contributed by atoms with Crippen molar-refractivity contribution in [3.8, 4) is 11.5 Å². The van der Waals surface area contributed by atoms with E-state index in [2.05, 4.69) is 37.5 Å². The number of hydrogen-bond donors (Lipinski definition) is 4. The maximum Gasteiger partial charge on any atom is 0.402 e. The van der Waals surface area contributed by atoms with Crippen LogP contribution in [-0.4, -0.2) is 69.9 Å². The van der Waals surface area contributed by atoms with Crippen molar-refractivity contribution in [2.75, 3.05) is 20.2 Å². The number of rotatable bonds is 4. The molecule has 4 bridgehead atoms. The van der Waals surface area contributed by atoms with Gasteiger partial charge in [-0.05, 0) is 81.4 Å². The molecule has 1 saturated heterocycles. The molecule has 7 aliphatic rings. The predicted molar refractivity (Wildman–Crippen MR) is 142 cm³/mol. The van der Waals surface area contributed by atoms with Crippen molar-refractivity contribution in [2.45, 2.75) is 101 Å². The number of aromatic hydroxyl groups is 1. The van der Waals surface area contributed by atoms with Gasteiger partial charge in [-0.25, -0.2) is 4.79 Å². The van der Waals surface area contributed by atoms with Crippen molar-refractivity contribution >= 4 is 6.09 Å². The summed E-state index contributed by atoms with van der Waals surface area (Å²) in [5.41, 5.74) is 4.81. The summed E-state index contributed by atoms with van der Waals surface area (Å²) in [7, 11) is 1.83. The molecule has 1 amide bonds. The van der Waals surface area contributed by atoms with Gasteiger partial charge < -0.3 is 30.5 Å². The molecule has 1 aromatic carbocycles. The molecule has 0 aromatic heterocycles. The first-order chi connectivity index (χ1) is 17.7. The lowest BCUT2D eigenvalue weighted by molar-refractivity contribution is -0.312. The van der Waals surface area contributed by atoms with E-state index in [1.54, 1.807) is 0 Å². The highest BCUT2D eigenvalue weighted by Crippen LogP contribution is 2.78. The molecule has 5 fully saturated rings. The Bertz CT molecular complexity index is 1150. The van der Waals surface area contributed by atoms with Crippen LogP contribution in [0.15, 0.2) is 12.1 Å². The minimum atomic E-state index is -1.33. The van der Waals surface area contributed by atoms with Gasteiger partial charge in [0.05, 0.1) is 5.60 Å². The quantitative estimate of drug-likeness (QED) is 0.465. The minimum absolute atomic E-state index is 0.0294. The highest BCUT2D eigenvalue weighted by molar-refractivity contribution is 5.63. The molecule has 8 heteroatoms. The summed E-state index contributed by atoms with van der Waals surface area (Å²) in [6, 6.07) is 4.46. The molecule has 7 atom stereocenters. The van der Waals surface area contributed by atoms with Gasteiger partial charge in [-0.3, -0.25) is 4.90 Å². The summed E-state index contributed by atoms with van der Waals surface area (Å²) in [6.07, 6.45) is 6.30. The number of ether oxygens (including phenoxy) is 2. The number of phenolic OH excluding ortho intramolecular Hbond substituents is 1. The van der Waals surface area contributed by atoms with Crippen LogP contribution in [-0.2, 0) is 16.6 Å². The van der Waals surface area contributed by atoms with Gasteiger partial charge in [0.1, 0.15) is 11.7 Å². The number of primary amides is 1. The van der Waals surface area contributed by atoms with Gasteiger partial charge in [0.2, 0.25) is 0 Å². The summed E-state index contributed by atoms with van der Waals surface area (Å²) in [5.74, 6) is 1.80. The van der Waals surface area contributed by atoms with Crippen molar-refractivity contribution in [1.82, 2.24) is 4.90 Å².